The van der Waals surface area contributed by atoms with Gasteiger partial charge in [-0.2, -0.15) is 0 Å². The summed E-state index contributed by atoms with van der Waals surface area (Å²) in [6.07, 6.45) is 0. The van der Waals surface area contributed by atoms with Gasteiger partial charge in [-0.25, -0.2) is 0 Å². The van der Waals surface area contributed by atoms with Crippen molar-refractivity contribution in [3.63, 3.8) is 0 Å². The van der Waals surface area contributed by atoms with Gasteiger partial charge in [0.1, 0.15) is 0 Å². The minimum Gasteiger partial charge on any atom is -0.871 e. The summed E-state index contributed by atoms with van der Waals surface area (Å²) in [5.74, 6) is -0.00352. The van der Waals surface area contributed by atoms with Crippen molar-refractivity contribution in [2.75, 3.05) is 0 Å². The van der Waals surface area contributed by atoms with Crippen LogP contribution >= 0.6 is 0 Å². The molecule has 0 saturated heterocycles. The molecule has 1 aromatic carbocycles. The largest absolute Gasteiger partial charge is 1.00 e. The van der Waals surface area contributed by atoms with Crippen LogP contribution in [0.3, 0.4) is 0 Å². The van der Waals surface area contributed by atoms with E-state index in [0.717, 1.165) is 11.1 Å². The van der Waals surface area contributed by atoms with Crippen molar-refractivity contribution in [1.82, 2.24) is 4.98 Å². The summed E-state index contributed by atoms with van der Waals surface area (Å²) in [6, 6.07) is 9.00. The van der Waals surface area contributed by atoms with E-state index in [1.54, 1.807) is 6.07 Å². The Morgan fingerprint density at radius 2 is 1.92 bits per heavy atom. The van der Waals surface area contributed by atoms with E-state index in [9.17, 15) is 5.11 Å². The fraction of sp³-hybridized carbons (Fsp3) is 0.100. The Kier molecular flexibility index (Phi) is 3.31. The summed E-state index contributed by atoms with van der Waals surface area (Å²) in [7, 11) is 0. The molecule has 0 spiro atoms. The Balaban J connectivity index is 0.000000845. The van der Waals surface area contributed by atoms with Crippen LogP contribution in [0.1, 0.15) is 5.69 Å². The second-order valence-corrected chi connectivity index (χ2v) is 2.78. The van der Waals surface area contributed by atoms with Crippen LogP contribution in [0.4, 0.5) is 0 Å². The van der Waals surface area contributed by atoms with E-state index in [2.05, 4.69) is 4.98 Å². The molecular weight excluding hydrogens is 173 g/mol. The fourth-order valence-electron chi connectivity index (χ4n) is 1.22. The van der Waals surface area contributed by atoms with Crippen LogP contribution in [0.15, 0.2) is 30.3 Å². The summed E-state index contributed by atoms with van der Waals surface area (Å²) in [4.78, 5) is 4.16. The molecule has 0 bridgehead atoms. The summed E-state index contributed by atoms with van der Waals surface area (Å²) in [6.45, 7) is 1.88. The average molecular weight is 181 g/mol. The molecule has 13 heavy (non-hydrogen) atoms. The van der Waals surface area contributed by atoms with Gasteiger partial charge in [0.05, 0.1) is 5.52 Å². The van der Waals surface area contributed by atoms with E-state index >= 15 is 0 Å². The van der Waals surface area contributed by atoms with E-state index in [1.165, 1.54) is 6.07 Å². The van der Waals surface area contributed by atoms with Crippen molar-refractivity contribution in [3.8, 4) is 5.75 Å². The number of aryl methyl sites for hydroxylation is 1. The first-order chi connectivity index (χ1) is 5.77. The number of fused-ring (bicyclic) bond motifs is 1. The minimum atomic E-state index is -0.00352. The van der Waals surface area contributed by atoms with E-state index < -0.39 is 0 Å². The first-order valence-corrected chi connectivity index (χ1v) is 3.81. The van der Waals surface area contributed by atoms with Crippen LogP contribution < -0.4 is 34.7 Å². The molecule has 2 rings (SSSR count). The number of para-hydroxylation sites is 1. The number of rotatable bonds is 0. The standard InChI is InChI=1S/C10H9NO.Na/c1-7-5-6-8-3-2-4-9(12)10(8)11-7;/h2-6,12H,1H3;/q;+1/p-1. The van der Waals surface area contributed by atoms with Crippen LogP contribution in [-0.2, 0) is 0 Å². The van der Waals surface area contributed by atoms with Gasteiger partial charge in [0, 0.05) is 5.69 Å². The van der Waals surface area contributed by atoms with E-state index in [-0.39, 0.29) is 35.3 Å². The Labute approximate surface area is 98.9 Å². The third kappa shape index (κ3) is 2.02. The zero-order valence-corrected chi connectivity index (χ0v) is 9.74. The molecule has 0 N–H and O–H groups in total. The van der Waals surface area contributed by atoms with Gasteiger partial charge in [0.2, 0.25) is 0 Å². The Morgan fingerprint density at radius 1 is 1.15 bits per heavy atom. The van der Waals surface area contributed by atoms with Crippen molar-refractivity contribution in [2.45, 2.75) is 6.92 Å². The van der Waals surface area contributed by atoms with Crippen LogP contribution in [0.5, 0.6) is 5.75 Å². The minimum absolute atomic E-state index is 0. The second kappa shape index (κ2) is 4.09. The number of aromatic nitrogens is 1. The van der Waals surface area contributed by atoms with Gasteiger partial charge in [-0.15, -0.1) is 0 Å². The van der Waals surface area contributed by atoms with Gasteiger partial charge < -0.3 is 5.11 Å². The molecule has 0 saturated carbocycles. The fourth-order valence-corrected chi connectivity index (χ4v) is 1.22. The maximum absolute atomic E-state index is 11.3. The summed E-state index contributed by atoms with van der Waals surface area (Å²) in [5, 5.41) is 12.2. The van der Waals surface area contributed by atoms with E-state index in [1.807, 2.05) is 25.1 Å². The van der Waals surface area contributed by atoms with Crippen molar-refractivity contribution in [2.24, 2.45) is 0 Å². The molecule has 0 radical (unpaired) electrons. The molecule has 0 fully saturated rings. The molecular formula is C10H8NNaO. The Hall–Kier alpha value is -0.570. The molecule has 0 amide bonds. The number of benzene rings is 1. The zero-order chi connectivity index (χ0) is 8.55. The van der Waals surface area contributed by atoms with Crippen molar-refractivity contribution in [1.29, 1.82) is 0 Å². The normalized spacial score (nSPS) is 9.62. The zero-order valence-electron chi connectivity index (χ0n) is 7.74. The predicted octanol–water partition coefficient (Wildman–Crippen LogP) is -1.38. The smallest absolute Gasteiger partial charge is 0.871 e. The Morgan fingerprint density at radius 3 is 2.69 bits per heavy atom. The van der Waals surface area contributed by atoms with Crippen LogP contribution in [-0.4, -0.2) is 4.98 Å². The first-order valence-electron chi connectivity index (χ1n) is 3.81. The summed E-state index contributed by atoms with van der Waals surface area (Å²) >= 11 is 0. The predicted molar refractivity (Wildman–Crippen MR) is 45.9 cm³/mol. The van der Waals surface area contributed by atoms with Crippen molar-refractivity contribution >= 4 is 10.9 Å². The molecule has 2 aromatic rings. The topological polar surface area (TPSA) is 36.0 Å². The molecule has 60 valence electrons. The molecule has 1 heterocycles. The molecule has 0 atom stereocenters. The maximum Gasteiger partial charge on any atom is 1.00 e. The van der Waals surface area contributed by atoms with Gasteiger partial charge in [-0.3, -0.25) is 4.98 Å². The summed E-state index contributed by atoms with van der Waals surface area (Å²) in [5.41, 5.74) is 1.45. The molecule has 0 aliphatic heterocycles. The van der Waals surface area contributed by atoms with Gasteiger partial charge in [0.25, 0.3) is 0 Å². The van der Waals surface area contributed by atoms with Crippen molar-refractivity contribution < 1.29 is 34.7 Å². The van der Waals surface area contributed by atoms with E-state index in [0.29, 0.717) is 5.52 Å². The third-order valence-corrected chi connectivity index (χ3v) is 1.82. The van der Waals surface area contributed by atoms with Crippen LogP contribution in [0, 0.1) is 6.92 Å². The second-order valence-electron chi connectivity index (χ2n) is 2.78. The molecule has 1 aromatic heterocycles. The molecule has 3 heteroatoms. The number of pyridine rings is 1. The SMILES string of the molecule is Cc1ccc2cccc([O-])c2n1.[Na+]. The maximum atomic E-state index is 11.3. The number of hydrogen-bond donors (Lipinski definition) is 0. The molecule has 0 aliphatic rings. The average Bonchev–Trinajstić information content (AvgIpc) is 2.07. The molecule has 2 nitrogen and oxygen atoms in total. The molecule has 0 aliphatic carbocycles. The summed E-state index contributed by atoms with van der Waals surface area (Å²) < 4.78 is 0. The third-order valence-electron chi connectivity index (χ3n) is 1.82. The molecule has 0 unspecified atom stereocenters. The monoisotopic (exact) mass is 181 g/mol. The number of hydrogen-bond acceptors (Lipinski definition) is 2. The number of nitrogens with zero attached hydrogens (tertiary/aromatic N) is 1. The van der Waals surface area contributed by atoms with Gasteiger partial charge >= 0.3 is 29.6 Å². The first kappa shape index (κ1) is 10.5. The van der Waals surface area contributed by atoms with Gasteiger partial charge in [-0.05, 0) is 18.4 Å². The van der Waals surface area contributed by atoms with Gasteiger partial charge in [0.15, 0.2) is 0 Å². The van der Waals surface area contributed by atoms with Crippen LogP contribution in [0.2, 0.25) is 0 Å². The van der Waals surface area contributed by atoms with Crippen LogP contribution in [0.25, 0.3) is 10.9 Å². The van der Waals surface area contributed by atoms with Crippen molar-refractivity contribution in [3.05, 3.63) is 36.0 Å². The quantitative estimate of drug-likeness (QED) is 0.470. The van der Waals surface area contributed by atoms with E-state index in [4.69, 9.17) is 0 Å². The Bertz CT molecular complexity index is 428. The van der Waals surface area contributed by atoms with Gasteiger partial charge in [-0.1, -0.05) is 30.0 Å².